The second kappa shape index (κ2) is 3.73. The van der Waals surface area contributed by atoms with E-state index in [2.05, 4.69) is 21.4 Å². The van der Waals surface area contributed by atoms with E-state index in [1.54, 1.807) is 0 Å². The first kappa shape index (κ1) is 11.1. The summed E-state index contributed by atoms with van der Waals surface area (Å²) in [4.78, 5) is 8.77. The number of nitriles is 1. The van der Waals surface area contributed by atoms with Gasteiger partial charge in [0.2, 0.25) is 10.2 Å². The van der Waals surface area contributed by atoms with Crippen LogP contribution in [0.1, 0.15) is 18.5 Å². The summed E-state index contributed by atoms with van der Waals surface area (Å²) in [6.07, 6.45) is 2.22. The number of hydrogen-bond donors (Lipinski definition) is 1. The molecule has 3 rings (SSSR count). The lowest BCUT2D eigenvalue weighted by Crippen LogP contribution is -2.21. The van der Waals surface area contributed by atoms with Gasteiger partial charge in [0.05, 0.1) is 6.07 Å². The molecule has 1 fully saturated rings. The van der Waals surface area contributed by atoms with Gasteiger partial charge in [-0.3, -0.25) is 0 Å². The lowest BCUT2D eigenvalue weighted by atomic mass is 10.3. The highest BCUT2D eigenvalue weighted by Gasteiger charge is 2.45. The molecule has 0 aromatic carbocycles. The van der Waals surface area contributed by atoms with Crippen molar-refractivity contribution in [3.8, 4) is 6.07 Å². The number of nitrogens with one attached hydrogen (secondary N) is 1. The molecule has 88 valence electrons. The maximum atomic E-state index is 11.9. The SMILES string of the molecule is N#CC1(Nc2nc(Cl)nc3c2[S+]([O-])CC3)CC1. The van der Waals surface area contributed by atoms with E-state index in [9.17, 15) is 4.55 Å². The highest BCUT2D eigenvalue weighted by molar-refractivity contribution is 7.91. The van der Waals surface area contributed by atoms with Gasteiger partial charge in [0.15, 0.2) is 5.82 Å². The third kappa shape index (κ3) is 1.84. The van der Waals surface area contributed by atoms with Crippen LogP contribution < -0.4 is 5.32 Å². The number of anilines is 1. The Morgan fingerprint density at radius 3 is 2.88 bits per heavy atom. The molecular weight excluding hydrogens is 260 g/mol. The zero-order valence-corrected chi connectivity index (χ0v) is 10.4. The van der Waals surface area contributed by atoms with E-state index >= 15 is 0 Å². The summed E-state index contributed by atoms with van der Waals surface area (Å²) in [5.41, 5.74) is 0.192. The smallest absolute Gasteiger partial charge is 0.224 e. The van der Waals surface area contributed by atoms with Crippen molar-refractivity contribution in [1.29, 1.82) is 5.26 Å². The van der Waals surface area contributed by atoms with Crippen LogP contribution in [0.2, 0.25) is 5.28 Å². The Morgan fingerprint density at radius 2 is 2.24 bits per heavy atom. The topological polar surface area (TPSA) is 84.7 Å². The second-order valence-electron chi connectivity index (χ2n) is 4.24. The molecule has 0 radical (unpaired) electrons. The number of hydrogen-bond acceptors (Lipinski definition) is 5. The molecule has 0 bridgehead atoms. The molecule has 1 saturated carbocycles. The van der Waals surface area contributed by atoms with Gasteiger partial charge in [0.25, 0.3) is 0 Å². The van der Waals surface area contributed by atoms with Crippen molar-refractivity contribution < 1.29 is 4.55 Å². The summed E-state index contributed by atoms with van der Waals surface area (Å²) in [7, 11) is 0. The quantitative estimate of drug-likeness (QED) is 0.645. The van der Waals surface area contributed by atoms with Crippen LogP contribution in [0.3, 0.4) is 0 Å². The minimum atomic E-state index is -1.08. The Kier molecular flexibility index (Phi) is 2.43. The van der Waals surface area contributed by atoms with Crippen LogP contribution in [0.25, 0.3) is 0 Å². The van der Waals surface area contributed by atoms with Crippen LogP contribution in [-0.4, -0.2) is 25.8 Å². The molecule has 17 heavy (non-hydrogen) atoms. The van der Waals surface area contributed by atoms with E-state index in [-0.39, 0.29) is 5.28 Å². The standard InChI is InChI=1S/C10H9ClN4OS/c11-9-13-6-1-4-17(16)7(6)8(14-9)15-10(5-12)2-3-10/h1-4H2,(H,13,14,15). The van der Waals surface area contributed by atoms with Crippen LogP contribution in [0, 0.1) is 11.3 Å². The van der Waals surface area contributed by atoms with Crippen LogP contribution in [0.15, 0.2) is 4.90 Å². The van der Waals surface area contributed by atoms with E-state index in [0.29, 0.717) is 22.9 Å². The van der Waals surface area contributed by atoms with Gasteiger partial charge in [-0.1, -0.05) is 0 Å². The Hall–Kier alpha value is -1.03. The predicted molar refractivity (Wildman–Crippen MR) is 63.2 cm³/mol. The molecule has 1 N–H and O–H groups in total. The first-order valence-corrected chi connectivity index (χ1v) is 6.97. The molecule has 7 heteroatoms. The average molecular weight is 269 g/mol. The molecule has 0 saturated heterocycles. The molecule has 5 nitrogen and oxygen atoms in total. The van der Waals surface area contributed by atoms with Gasteiger partial charge in [0.1, 0.15) is 17.0 Å². The van der Waals surface area contributed by atoms with Gasteiger partial charge in [-0.15, -0.1) is 0 Å². The summed E-state index contributed by atoms with van der Waals surface area (Å²) >= 11 is 4.74. The zero-order chi connectivity index (χ0) is 12.0. The zero-order valence-electron chi connectivity index (χ0n) is 8.86. The van der Waals surface area contributed by atoms with E-state index in [4.69, 9.17) is 16.9 Å². The first-order chi connectivity index (χ1) is 8.13. The molecule has 1 aliphatic carbocycles. The third-order valence-corrected chi connectivity index (χ3v) is 4.61. The van der Waals surface area contributed by atoms with Crippen molar-refractivity contribution in [3.05, 3.63) is 11.0 Å². The fraction of sp³-hybridized carbons (Fsp3) is 0.500. The van der Waals surface area contributed by atoms with E-state index in [1.165, 1.54) is 0 Å². The van der Waals surface area contributed by atoms with Crippen molar-refractivity contribution in [2.75, 3.05) is 11.1 Å². The minimum absolute atomic E-state index is 0.138. The number of fused-ring (bicyclic) bond motifs is 1. The van der Waals surface area contributed by atoms with Gasteiger partial charge in [-0.25, -0.2) is 4.98 Å². The maximum absolute atomic E-state index is 11.9. The summed E-state index contributed by atoms with van der Waals surface area (Å²) in [5, 5.41) is 12.2. The summed E-state index contributed by atoms with van der Waals surface area (Å²) in [6.45, 7) is 0. The number of aryl methyl sites for hydroxylation is 1. The van der Waals surface area contributed by atoms with Gasteiger partial charge in [0, 0.05) is 6.42 Å². The van der Waals surface area contributed by atoms with Crippen LogP contribution >= 0.6 is 11.6 Å². The molecule has 1 aromatic heterocycles. The molecule has 0 spiro atoms. The van der Waals surface area contributed by atoms with Crippen LogP contribution in [-0.2, 0) is 17.6 Å². The lowest BCUT2D eigenvalue weighted by Gasteiger charge is -2.13. The number of nitrogens with zero attached hydrogens (tertiary/aromatic N) is 3. The van der Waals surface area contributed by atoms with Gasteiger partial charge < -0.3 is 9.87 Å². The normalized spacial score (nSPS) is 23.9. The Balaban J connectivity index is 2.02. The Labute approximate surface area is 106 Å². The van der Waals surface area contributed by atoms with Gasteiger partial charge in [-0.2, -0.15) is 10.2 Å². The summed E-state index contributed by atoms with van der Waals surface area (Å²) in [6, 6.07) is 2.21. The fourth-order valence-corrected chi connectivity index (χ4v) is 3.36. The van der Waals surface area contributed by atoms with Crippen molar-refractivity contribution in [1.82, 2.24) is 9.97 Å². The van der Waals surface area contributed by atoms with Crippen molar-refractivity contribution in [2.45, 2.75) is 29.7 Å². The molecule has 2 heterocycles. The van der Waals surface area contributed by atoms with Gasteiger partial charge >= 0.3 is 0 Å². The largest absolute Gasteiger partial charge is 0.611 e. The lowest BCUT2D eigenvalue weighted by molar-refractivity contribution is 0.598. The van der Waals surface area contributed by atoms with Crippen LogP contribution in [0.4, 0.5) is 5.82 Å². The highest BCUT2D eigenvalue weighted by atomic mass is 35.5. The first-order valence-electron chi connectivity index (χ1n) is 5.28. The second-order valence-corrected chi connectivity index (χ2v) is 6.08. The number of rotatable bonds is 2. The third-order valence-electron chi connectivity index (χ3n) is 2.98. The molecule has 0 amide bonds. The summed E-state index contributed by atoms with van der Waals surface area (Å²) < 4.78 is 11.9. The molecule has 1 unspecified atom stereocenters. The molecule has 2 aliphatic rings. The molecule has 1 atom stereocenters. The number of halogens is 1. The van der Waals surface area contributed by atoms with Crippen molar-refractivity contribution in [3.63, 3.8) is 0 Å². The van der Waals surface area contributed by atoms with Crippen molar-refractivity contribution >= 4 is 28.6 Å². The van der Waals surface area contributed by atoms with Gasteiger partial charge in [-0.05, 0) is 35.6 Å². The van der Waals surface area contributed by atoms with E-state index in [0.717, 1.165) is 18.5 Å². The molecule has 1 aromatic rings. The summed E-state index contributed by atoms with van der Waals surface area (Å²) in [5.74, 6) is 1.02. The monoisotopic (exact) mass is 268 g/mol. The van der Waals surface area contributed by atoms with Crippen molar-refractivity contribution in [2.24, 2.45) is 0 Å². The highest BCUT2D eigenvalue weighted by Crippen LogP contribution is 2.41. The average Bonchev–Trinajstić information content (AvgIpc) is 2.97. The maximum Gasteiger partial charge on any atom is 0.224 e. The molecule has 1 aliphatic heterocycles. The number of aromatic nitrogens is 2. The fourth-order valence-electron chi connectivity index (χ4n) is 1.87. The Morgan fingerprint density at radius 1 is 1.47 bits per heavy atom. The van der Waals surface area contributed by atoms with E-state index in [1.807, 2.05) is 0 Å². The Bertz CT molecular complexity index is 526. The van der Waals surface area contributed by atoms with E-state index < -0.39 is 16.7 Å². The predicted octanol–water partition coefficient (Wildman–Crippen LogP) is 1.26. The van der Waals surface area contributed by atoms with Crippen LogP contribution in [0.5, 0.6) is 0 Å². The molecular formula is C10H9ClN4OS. The minimum Gasteiger partial charge on any atom is -0.611 e.